The summed E-state index contributed by atoms with van der Waals surface area (Å²) in [6.45, 7) is 0. The molecule has 2 aromatic rings. The monoisotopic (exact) mass is 368 g/mol. The third-order valence-electron chi connectivity index (χ3n) is 3.61. The van der Waals surface area contributed by atoms with Crippen LogP contribution in [0.5, 0.6) is 0 Å². The van der Waals surface area contributed by atoms with E-state index >= 15 is 0 Å². The van der Waals surface area contributed by atoms with Crippen LogP contribution in [0.3, 0.4) is 0 Å². The van der Waals surface area contributed by atoms with Crippen molar-refractivity contribution in [1.82, 2.24) is 4.98 Å². The van der Waals surface area contributed by atoms with E-state index in [4.69, 9.17) is 0 Å². The Morgan fingerprint density at radius 1 is 0.909 bits per heavy atom. The minimum absolute atomic E-state index is 0. The number of rotatable bonds is 4. The van der Waals surface area contributed by atoms with Gasteiger partial charge in [0.25, 0.3) is 0 Å². The molecule has 1 aliphatic rings. The van der Waals surface area contributed by atoms with Gasteiger partial charge in [-0.25, -0.2) is 0 Å². The molecule has 4 heteroatoms. The predicted molar refractivity (Wildman–Crippen MR) is 78.6 cm³/mol. The number of pyridine rings is 1. The average molecular weight is 369 g/mol. The van der Waals surface area contributed by atoms with Gasteiger partial charge in [-0.3, -0.25) is 0 Å². The van der Waals surface area contributed by atoms with Crippen LogP contribution >= 0.6 is 0 Å². The number of nitrogens with zero attached hydrogens (tertiary/aromatic N) is 1. The standard InChI is InChI=1S/C18H16N.2ClH.Cr/c1-2-6-16(7-3-1)17-11-9-15(14-17)10-12-18-8-4-5-13-19-18;;;/h1-8,11,13H,9-10,12H2;2*1H;/q;;;+2/p-2. The van der Waals surface area contributed by atoms with Gasteiger partial charge in [0.1, 0.15) is 0 Å². The van der Waals surface area contributed by atoms with Gasteiger partial charge in [-0.15, -0.1) is 0 Å². The van der Waals surface area contributed by atoms with Crippen molar-refractivity contribution in [3.63, 3.8) is 0 Å². The minimum atomic E-state index is 0. The molecule has 1 nitrogen and oxygen atoms in total. The van der Waals surface area contributed by atoms with Crippen LogP contribution in [0, 0.1) is 0 Å². The SMILES string of the molecule is [Cl-].[Cl-].[Cr+2][C]1=C(CCc2ccccn2)CC=C1c1ccccc1. The number of hydrogen-bond acceptors (Lipinski definition) is 1. The summed E-state index contributed by atoms with van der Waals surface area (Å²) in [7, 11) is 0. The second kappa shape index (κ2) is 9.18. The molecule has 0 atom stereocenters. The summed E-state index contributed by atoms with van der Waals surface area (Å²) in [5, 5.41) is 0. The zero-order valence-electron chi connectivity index (χ0n) is 12.0. The van der Waals surface area contributed by atoms with E-state index in [1.165, 1.54) is 26.8 Å². The van der Waals surface area contributed by atoms with Crippen molar-refractivity contribution in [3.8, 4) is 0 Å². The molecule has 0 amide bonds. The molecule has 3 rings (SSSR count). The quantitative estimate of drug-likeness (QED) is 0.627. The summed E-state index contributed by atoms with van der Waals surface area (Å²) in [4.78, 5) is 4.39. The number of halogens is 2. The fourth-order valence-corrected chi connectivity index (χ4v) is 3.11. The van der Waals surface area contributed by atoms with E-state index in [2.05, 4.69) is 69.8 Å². The molecule has 1 aromatic carbocycles. The zero-order valence-corrected chi connectivity index (χ0v) is 14.8. The first-order valence-corrected chi connectivity index (χ1v) is 7.53. The molecule has 0 saturated carbocycles. The predicted octanol–water partition coefficient (Wildman–Crippen LogP) is -1.69. The van der Waals surface area contributed by atoms with Gasteiger partial charge in [0, 0.05) is 0 Å². The van der Waals surface area contributed by atoms with Gasteiger partial charge >= 0.3 is 128 Å². The Morgan fingerprint density at radius 2 is 1.64 bits per heavy atom. The molecule has 1 aromatic heterocycles. The Kier molecular flexibility index (Phi) is 7.93. The Labute approximate surface area is 152 Å². The Balaban J connectivity index is 0.00000121. The summed E-state index contributed by atoms with van der Waals surface area (Å²) in [5.41, 5.74) is 5.31. The van der Waals surface area contributed by atoms with Gasteiger partial charge in [0.05, 0.1) is 0 Å². The van der Waals surface area contributed by atoms with Crippen molar-refractivity contribution in [3.05, 3.63) is 82.1 Å². The summed E-state index contributed by atoms with van der Waals surface area (Å²) >= 11 is 3.26. The summed E-state index contributed by atoms with van der Waals surface area (Å²) < 4.78 is 1.33. The molecule has 0 aliphatic heterocycles. The van der Waals surface area contributed by atoms with Gasteiger partial charge in [-0.05, 0) is 0 Å². The van der Waals surface area contributed by atoms with E-state index in [0.717, 1.165) is 19.3 Å². The third kappa shape index (κ3) is 4.48. The van der Waals surface area contributed by atoms with Crippen LogP contribution in [-0.2, 0) is 22.7 Å². The number of benzene rings is 1. The Hall–Kier alpha value is -1.04. The second-order valence-corrected chi connectivity index (χ2v) is 5.58. The normalized spacial score (nSPS) is 13.1. The van der Waals surface area contributed by atoms with E-state index in [9.17, 15) is 0 Å². The van der Waals surface area contributed by atoms with E-state index in [1.54, 1.807) is 0 Å². The topological polar surface area (TPSA) is 12.9 Å². The second-order valence-electron chi connectivity index (χ2n) is 4.94. The molecule has 0 bridgehead atoms. The van der Waals surface area contributed by atoms with Crippen LogP contribution in [-0.4, -0.2) is 4.98 Å². The molecule has 1 aliphatic carbocycles. The number of aryl methyl sites for hydroxylation is 1. The first-order valence-electron chi connectivity index (χ1n) is 6.89. The fraction of sp³-hybridized carbons (Fsp3) is 0.167. The zero-order chi connectivity index (χ0) is 13.8. The molecule has 0 radical (unpaired) electrons. The van der Waals surface area contributed by atoms with Crippen molar-refractivity contribution < 1.29 is 41.1 Å². The Morgan fingerprint density at radius 3 is 2.32 bits per heavy atom. The van der Waals surface area contributed by atoms with Crippen molar-refractivity contribution in [2.75, 3.05) is 0 Å². The average Bonchev–Trinajstić information content (AvgIpc) is 2.88. The van der Waals surface area contributed by atoms with Gasteiger partial charge in [0.15, 0.2) is 0 Å². The summed E-state index contributed by atoms with van der Waals surface area (Å²) in [6.07, 6.45) is 7.34. The third-order valence-corrected chi connectivity index (χ3v) is 4.41. The van der Waals surface area contributed by atoms with Gasteiger partial charge in [-0.1, -0.05) is 0 Å². The molecular formula is C18H16Cl2CrN. The Bertz CT molecular complexity index is 651. The fourth-order valence-electron chi connectivity index (χ4n) is 2.51. The van der Waals surface area contributed by atoms with Crippen molar-refractivity contribution in [2.24, 2.45) is 0 Å². The van der Waals surface area contributed by atoms with Crippen molar-refractivity contribution in [1.29, 1.82) is 0 Å². The molecule has 0 N–H and O–H groups in total. The molecule has 22 heavy (non-hydrogen) atoms. The maximum atomic E-state index is 4.39. The molecule has 0 unspecified atom stereocenters. The van der Waals surface area contributed by atoms with E-state index < -0.39 is 0 Å². The van der Waals surface area contributed by atoms with Crippen molar-refractivity contribution in [2.45, 2.75) is 19.3 Å². The van der Waals surface area contributed by atoms with Crippen LogP contribution in [0.4, 0.5) is 0 Å². The van der Waals surface area contributed by atoms with Crippen molar-refractivity contribution >= 4 is 5.57 Å². The van der Waals surface area contributed by atoms with E-state index in [-0.39, 0.29) is 24.8 Å². The van der Waals surface area contributed by atoms with Gasteiger partial charge in [-0.2, -0.15) is 0 Å². The molecule has 0 fully saturated rings. The van der Waals surface area contributed by atoms with Gasteiger partial charge < -0.3 is 24.8 Å². The first-order chi connectivity index (χ1) is 9.84. The van der Waals surface area contributed by atoms with Crippen LogP contribution in [0.2, 0.25) is 0 Å². The van der Waals surface area contributed by atoms with Gasteiger partial charge in [0.2, 0.25) is 0 Å². The number of hydrogen-bond donors (Lipinski definition) is 0. The molecule has 1 heterocycles. The van der Waals surface area contributed by atoms with Crippen LogP contribution in [0.25, 0.3) is 5.57 Å². The summed E-state index contributed by atoms with van der Waals surface area (Å²) in [5.74, 6) is 0. The number of aromatic nitrogens is 1. The molecular weight excluding hydrogens is 353 g/mol. The molecule has 0 saturated heterocycles. The first kappa shape index (κ1) is 19.0. The maximum absolute atomic E-state index is 4.39. The van der Waals surface area contributed by atoms with E-state index in [1.807, 2.05) is 12.3 Å². The van der Waals surface area contributed by atoms with Crippen LogP contribution in [0.1, 0.15) is 24.1 Å². The summed E-state index contributed by atoms with van der Waals surface area (Å²) in [6, 6.07) is 16.7. The van der Waals surface area contributed by atoms with E-state index in [0.29, 0.717) is 0 Å². The molecule has 113 valence electrons. The van der Waals surface area contributed by atoms with Crippen LogP contribution in [0.15, 0.2) is 70.8 Å². The molecule has 0 spiro atoms. The van der Waals surface area contributed by atoms with Crippen LogP contribution < -0.4 is 24.8 Å². The number of allylic oxidation sites excluding steroid dienone is 4.